The molecule has 1 fully saturated rings. The molecule has 1 amide bonds. The molecule has 1 aliphatic carbocycles. The lowest BCUT2D eigenvalue weighted by molar-refractivity contribution is -0.133. The SMILES string of the molecule is Cc1ccc(N(CC(=O)N(C)C2CCCCC2O)S(C)(=O)=O)c(C)c1. The van der Waals surface area contributed by atoms with Crippen LogP contribution >= 0.6 is 0 Å². The summed E-state index contributed by atoms with van der Waals surface area (Å²) < 4.78 is 25.7. The maximum atomic E-state index is 12.7. The lowest BCUT2D eigenvalue weighted by atomic mass is 9.91. The van der Waals surface area contributed by atoms with Crippen LogP contribution in [-0.4, -0.2) is 56.3 Å². The summed E-state index contributed by atoms with van der Waals surface area (Å²) in [6.45, 7) is 3.51. The quantitative estimate of drug-likeness (QED) is 0.860. The number of benzene rings is 1. The Hall–Kier alpha value is -1.60. The molecule has 6 nitrogen and oxygen atoms in total. The van der Waals surface area contributed by atoms with Crippen molar-refractivity contribution >= 4 is 21.6 Å². The topological polar surface area (TPSA) is 77.9 Å². The Kier molecular flexibility index (Phi) is 6.11. The second-order valence-electron chi connectivity index (χ2n) is 6.98. The maximum absolute atomic E-state index is 12.7. The van der Waals surface area contributed by atoms with Crippen LogP contribution < -0.4 is 4.31 Å². The number of hydrogen-bond donors (Lipinski definition) is 1. The molecule has 7 heteroatoms. The number of rotatable bonds is 5. The van der Waals surface area contributed by atoms with Crippen molar-refractivity contribution in [3.8, 4) is 0 Å². The molecular formula is C18H28N2O4S. The van der Waals surface area contributed by atoms with Crippen LogP contribution in [0.3, 0.4) is 0 Å². The highest BCUT2D eigenvalue weighted by atomic mass is 32.2. The van der Waals surface area contributed by atoms with Gasteiger partial charge in [0, 0.05) is 7.05 Å². The maximum Gasteiger partial charge on any atom is 0.243 e. The molecule has 1 aliphatic rings. The van der Waals surface area contributed by atoms with Crippen molar-refractivity contribution in [1.29, 1.82) is 0 Å². The number of carbonyl (C=O) groups excluding carboxylic acids is 1. The van der Waals surface area contributed by atoms with Gasteiger partial charge in [-0.25, -0.2) is 8.42 Å². The Morgan fingerprint density at radius 1 is 1.24 bits per heavy atom. The van der Waals surface area contributed by atoms with Crippen LogP contribution in [0.4, 0.5) is 5.69 Å². The second-order valence-corrected chi connectivity index (χ2v) is 8.89. The number of aryl methyl sites for hydroxylation is 2. The largest absolute Gasteiger partial charge is 0.391 e. The zero-order valence-corrected chi connectivity index (χ0v) is 16.2. The number of aliphatic hydroxyl groups is 1. The van der Waals surface area contributed by atoms with E-state index in [4.69, 9.17) is 0 Å². The lowest BCUT2D eigenvalue weighted by Crippen LogP contribution is -2.50. The van der Waals surface area contributed by atoms with Gasteiger partial charge in [0.15, 0.2) is 0 Å². The van der Waals surface area contributed by atoms with Gasteiger partial charge in [-0.3, -0.25) is 9.10 Å². The lowest BCUT2D eigenvalue weighted by Gasteiger charge is -2.36. The normalized spacial score (nSPS) is 21.0. The zero-order chi connectivity index (χ0) is 18.8. The van der Waals surface area contributed by atoms with Crippen molar-refractivity contribution in [2.45, 2.75) is 51.7 Å². The molecule has 0 heterocycles. The fourth-order valence-corrected chi connectivity index (χ4v) is 4.34. The highest BCUT2D eigenvalue weighted by Gasteiger charge is 2.31. The van der Waals surface area contributed by atoms with Gasteiger partial charge in [-0.15, -0.1) is 0 Å². The van der Waals surface area contributed by atoms with Gasteiger partial charge in [0.1, 0.15) is 6.54 Å². The zero-order valence-electron chi connectivity index (χ0n) is 15.4. The molecule has 2 unspecified atom stereocenters. The van der Waals surface area contributed by atoms with Gasteiger partial charge in [0.25, 0.3) is 0 Å². The first-order valence-electron chi connectivity index (χ1n) is 8.60. The standard InChI is InChI=1S/C18H28N2O4S/c1-13-9-10-15(14(2)11-13)20(25(4,23)24)12-18(22)19(3)16-7-5-6-8-17(16)21/h9-11,16-17,21H,5-8,12H2,1-4H3. The summed E-state index contributed by atoms with van der Waals surface area (Å²) in [5.41, 5.74) is 2.35. The van der Waals surface area contributed by atoms with E-state index in [9.17, 15) is 18.3 Å². The Balaban J connectivity index is 2.24. The van der Waals surface area contributed by atoms with E-state index in [0.717, 1.165) is 41.0 Å². The van der Waals surface area contributed by atoms with E-state index in [1.165, 1.54) is 4.90 Å². The predicted molar refractivity (Wildman–Crippen MR) is 99.1 cm³/mol. The van der Waals surface area contributed by atoms with E-state index >= 15 is 0 Å². The number of aliphatic hydroxyl groups excluding tert-OH is 1. The van der Waals surface area contributed by atoms with E-state index in [1.807, 2.05) is 26.0 Å². The van der Waals surface area contributed by atoms with Crippen LogP contribution in [0.5, 0.6) is 0 Å². The smallest absolute Gasteiger partial charge is 0.243 e. The number of likely N-dealkylation sites (N-methyl/N-ethyl adjacent to an activating group) is 1. The van der Waals surface area contributed by atoms with Crippen molar-refractivity contribution in [2.75, 3.05) is 24.2 Å². The Morgan fingerprint density at radius 3 is 2.44 bits per heavy atom. The summed E-state index contributed by atoms with van der Waals surface area (Å²) >= 11 is 0. The summed E-state index contributed by atoms with van der Waals surface area (Å²) in [7, 11) is -1.96. The number of nitrogens with zero attached hydrogens (tertiary/aromatic N) is 2. The summed E-state index contributed by atoms with van der Waals surface area (Å²) in [5.74, 6) is -0.309. The monoisotopic (exact) mass is 368 g/mol. The highest BCUT2D eigenvalue weighted by molar-refractivity contribution is 7.92. The van der Waals surface area contributed by atoms with Crippen molar-refractivity contribution in [1.82, 2.24) is 4.90 Å². The first-order chi connectivity index (χ1) is 11.6. The van der Waals surface area contributed by atoms with E-state index in [0.29, 0.717) is 12.1 Å². The summed E-state index contributed by atoms with van der Waals surface area (Å²) in [5, 5.41) is 10.1. The molecule has 0 radical (unpaired) electrons. The van der Waals surface area contributed by atoms with Crippen LogP contribution in [0.2, 0.25) is 0 Å². The van der Waals surface area contributed by atoms with Gasteiger partial charge in [-0.2, -0.15) is 0 Å². The van der Waals surface area contributed by atoms with Gasteiger partial charge in [0.2, 0.25) is 15.9 Å². The number of carbonyl (C=O) groups is 1. The molecule has 1 saturated carbocycles. The van der Waals surface area contributed by atoms with E-state index in [1.54, 1.807) is 13.1 Å². The van der Waals surface area contributed by atoms with Crippen molar-refractivity contribution in [3.63, 3.8) is 0 Å². The van der Waals surface area contributed by atoms with Gasteiger partial charge in [-0.05, 0) is 38.3 Å². The number of amides is 1. The Labute approximate surface area is 150 Å². The van der Waals surface area contributed by atoms with E-state index in [-0.39, 0.29) is 18.5 Å². The molecule has 0 aromatic heterocycles. The van der Waals surface area contributed by atoms with E-state index < -0.39 is 16.1 Å². The third-order valence-electron chi connectivity index (χ3n) is 4.88. The van der Waals surface area contributed by atoms with Crippen LogP contribution in [-0.2, 0) is 14.8 Å². The molecular weight excluding hydrogens is 340 g/mol. The molecule has 0 bridgehead atoms. The molecule has 0 saturated heterocycles. The van der Waals surface area contributed by atoms with Gasteiger partial charge in [0.05, 0.1) is 24.1 Å². The average molecular weight is 368 g/mol. The first-order valence-corrected chi connectivity index (χ1v) is 10.4. The third-order valence-corrected chi connectivity index (χ3v) is 6.01. The van der Waals surface area contributed by atoms with Crippen molar-refractivity contribution in [2.24, 2.45) is 0 Å². The molecule has 0 aliphatic heterocycles. The predicted octanol–water partition coefficient (Wildman–Crippen LogP) is 1.83. The Morgan fingerprint density at radius 2 is 1.88 bits per heavy atom. The molecule has 25 heavy (non-hydrogen) atoms. The van der Waals surface area contributed by atoms with Crippen LogP contribution in [0, 0.1) is 13.8 Å². The number of hydrogen-bond acceptors (Lipinski definition) is 4. The fraction of sp³-hybridized carbons (Fsp3) is 0.611. The highest BCUT2D eigenvalue weighted by Crippen LogP contribution is 2.25. The second kappa shape index (κ2) is 7.74. The molecule has 2 atom stereocenters. The van der Waals surface area contributed by atoms with Gasteiger partial charge < -0.3 is 10.0 Å². The van der Waals surface area contributed by atoms with Crippen molar-refractivity contribution in [3.05, 3.63) is 29.3 Å². The third kappa shape index (κ3) is 4.73. The minimum absolute atomic E-state index is 0.248. The summed E-state index contributed by atoms with van der Waals surface area (Å²) in [6.07, 6.45) is 3.90. The molecule has 1 aromatic rings. The molecule has 1 aromatic carbocycles. The number of anilines is 1. The number of sulfonamides is 1. The summed E-state index contributed by atoms with van der Waals surface area (Å²) in [4.78, 5) is 14.2. The average Bonchev–Trinajstić information content (AvgIpc) is 2.52. The molecule has 1 N–H and O–H groups in total. The van der Waals surface area contributed by atoms with Gasteiger partial charge in [-0.1, -0.05) is 30.5 Å². The minimum Gasteiger partial charge on any atom is -0.391 e. The van der Waals surface area contributed by atoms with Crippen LogP contribution in [0.25, 0.3) is 0 Å². The van der Waals surface area contributed by atoms with E-state index in [2.05, 4.69) is 0 Å². The summed E-state index contributed by atoms with van der Waals surface area (Å²) in [6, 6.07) is 5.21. The fourth-order valence-electron chi connectivity index (χ4n) is 3.43. The first kappa shape index (κ1) is 19.7. The minimum atomic E-state index is -3.60. The van der Waals surface area contributed by atoms with Crippen molar-refractivity contribution < 1.29 is 18.3 Å². The van der Waals surface area contributed by atoms with Crippen LogP contribution in [0.1, 0.15) is 36.8 Å². The molecule has 140 valence electrons. The molecule has 0 spiro atoms. The van der Waals surface area contributed by atoms with Gasteiger partial charge >= 0.3 is 0 Å². The Bertz CT molecular complexity index is 733. The van der Waals surface area contributed by atoms with Crippen LogP contribution in [0.15, 0.2) is 18.2 Å². The molecule has 2 rings (SSSR count).